The van der Waals surface area contributed by atoms with Crippen molar-refractivity contribution in [3.8, 4) is 22.5 Å². The molecule has 0 bridgehead atoms. The molecule has 0 spiro atoms. The minimum Gasteiger partial charge on any atom is -0.459 e. The summed E-state index contributed by atoms with van der Waals surface area (Å²) in [5, 5.41) is 0. The van der Waals surface area contributed by atoms with Gasteiger partial charge in [0, 0.05) is 16.7 Å². The zero-order valence-corrected chi connectivity index (χ0v) is 17.4. The van der Waals surface area contributed by atoms with Crippen molar-refractivity contribution in [1.29, 1.82) is 0 Å². The molecule has 0 aliphatic heterocycles. The first-order chi connectivity index (χ1) is 16.2. The Balaban J connectivity index is 1.50. The van der Waals surface area contributed by atoms with Crippen LogP contribution in [0.25, 0.3) is 33.5 Å². The average molecular weight is 434 g/mol. The predicted octanol–water partition coefficient (Wildman–Crippen LogP) is 4.63. The summed E-state index contributed by atoms with van der Waals surface area (Å²) in [7, 11) is 0. The number of nitrogens with one attached hydrogen (secondary N) is 2. The second-order valence-corrected chi connectivity index (χ2v) is 7.24. The van der Waals surface area contributed by atoms with Crippen LogP contribution in [-0.2, 0) is 0 Å². The Morgan fingerprint density at radius 1 is 0.636 bits per heavy atom. The van der Waals surface area contributed by atoms with E-state index in [1.54, 1.807) is 24.3 Å². The van der Waals surface area contributed by atoms with Crippen molar-refractivity contribution in [2.24, 2.45) is 0 Å². The van der Waals surface area contributed by atoms with E-state index in [1.807, 2.05) is 60.7 Å². The maximum atomic E-state index is 12.6. The zero-order chi connectivity index (χ0) is 22.6. The van der Waals surface area contributed by atoms with Gasteiger partial charge in [-0.25, -0.2) is 9.97 Å². The summed E-state index contributed by atoms with van der Waals surface area (Å²) in [5.74, 6) is -0.930. The molecule has 33 heavy (non-hydrogen) atoms. The summed E-state index contributed by atoms with van der Waals surface area (Å²) in [5.41, 5.74) is 9.64. The third-order valence-electron chi connectivity index (χ3n) is 5.06. The minimum absolute atomic E-state index is 0.0978. The Kier molecular flexibility index (Phi) is 5.35. The lowest BCUT2D eigenvalue weighted by molar-refractivity contribution is 0.0831. The van der Waals surface area contributed by atoms with E-state index in [0.717, 1.165) is 22.5 Å². The fourth-order valence-electron chi connectivity index (χ4n) is 3.45. The van der Waals surface area contributed by atoms with Gasteiger partial charge in [0.05, 0.1) is 28.7 Å². The quantitative estimate of drug-likeness (QED) is 0.402. The van der Waals surface area contributed by atoms with Crippen LogP contribution in [0.4, 0.5) is 0 Å². The van der Waals surface area contributed by atoms with Crippen molar-refractivity contribution in [1.82, 2.24) is 20.8 Å². The fourth-order valence-corrected chi connectivity index (χ4v) is 3.45. The molecule has 0 aliphatic carbocycles. The maximum absolute atomic E-state index is 12.6. The van der Waals surface area contributed by atoms with Crippen LogP contribution in [0, 0.1) is 0 Å². The highest BCUT2D eigenvalue weighted by molar-refractivity contribution is 6.00. The Bertz CT molecular complexity index is 1430. The number of carbonyl (C=O) groups excluding carboxylic acids is 2. The smallest absolute Gasteiger partial charge is 0.305 e. The number of amides is 2. The summed E-state index contributed by atoms with van der Waals surface area (Å²) in [4.78, 5) is 34.3. The molecule has 0 fully saturated rings. The SMILES string of the molecule is O=C(NNC(=O)c1ccco1)c1ccc2nc(-c3ccccc3)c(-c3ccccc3)nc2c1. The average Bonchev–Trinajstić information content (AvgIpc) is 3.42. The number of hydrazine groups is 1. The highest BCUT2D eigenvalue weighted by Crippen LogP contribution is 2.31. The molecule has 2 N–H and O–H groups in total. The summed E-state index contributed by atoms with van der Waals surface area (Å²) in [6.07, 6.45) is 1.38. The topological polar surface area (TPSA) is 97.1 Å². The Morgan fingerprint density at radius 2 is 1.24 bits per heavy atom. The highest BCUT2D eigenvalue weighted by Gasteiger charge is 2.15. The lowest BCUT2D eigenvalue weighted by Gasteiger charge is -2.11. The molecule has 0 radical (unpaired) electrons. The molecular weight excluding hydrogens is 416 g/mol. The molecule has 2 heterocycles. The Labute approximate surface area is 189 Å². The Morgan fingerprint density at radius 3 is 1.85 bits per heavy atom. The molecule has 5 aromatic rings. The normalized spacial score (nSPS) is 10.7. The first kappa shape index (κ1) is 20.1. The molecule has 3 aromatic carbocycles. The summed E-state index contributed by atoms with van der Waals surface area (Å²) < 4.78 is 5.01. The van der Waals surface area contributed by atoms with E-state index in [9.17, 15) is 9.59 Å². The van der Waals surface area contributed by atoms with Gasteiger partial charge in [-0.2, -0.15) is 0 Å². The second-order valence-electron chi connectivity index (χ2n) is 7.24. The monoisotopic (exact) mass is 434 g/mol. The van der Waals surface area contributed by atoms with Gasteiger partial charge in [-0.1, -0.05) is 60.7 Å². The number of furan rings is 1. The largest absolute Gasteiger partial charge is 0.459 e. The van der Waals surface area contributed by atoms with E-state index in [-0.39, 0.29) is 5.76 Å². The molecule has 5 rings (SSSR count). The third-order valence-corrected chi connectivity index (χ3v) is 5.06. The number of fused-ring (bicyclic) bond motifs is 1. The van der Waals surface area contributed by atoms with E-state index in [1.165, 1.54) is 12.3 Å². The minimum atomic E-state index is -0.548. The molecule has 0 aliphatic rings. The van der Waals surface area contributed by atoms with Gasteiger partial charge < -0.3 is 4.42 Å². The van der Waals surface area contributed by atoms with Crippen LogP contribution in [0.15, 0.2) is 102 Å². The van der Waals surface area contributed by atoms with Gasteiger partial charge in [0.15, 0.2) is 5.76 Å². The van der Waals surface area contributed by atoms with E-state index < -0.39 is 11.8 Å². The first-order valence-electron chi connectivity index (χ1n) is 10.3. The van der Waals surface area contributed by atoms with Crippen molar-refractivity contribution < 1.29 is 14.0 Å². The van der Waals surface area contributed by atoms with Gasteiger partial charge in [-0.05, 0) is 30.3 Å². The van der Waals surface area contributed by atoms with Crippen LogP contribution >= 0.6 is 0 Å². The fraction of sp³-hybridized carbons (Fsp3) is 0. The molecule has 160 valence electrons. The van der Waals surface area contributed by atoms with Gasteiger partial charge in [0.1, 0.15) is 0 Å². The molecule has 7 nitrogen and oxygen atoms in total. The van der Waals surface area contributed by atoms with Crippen LogP contribution in [-0.4, -0.2) is 21.8 Å². The summed E-state index contributed by atoms with van der Waals surface area (Å²) >= 11 is 0. The lowest BCUT2D eigenvalue weighted by Crippen LogP contribution is -2.41. The van der Waals surface area contributed by atoms with Crippen molar-refractivity contribution in [3.63, 3.8) is 0 Å². The number of aromatic nitrogens is 2. The molecule has 0 atom stereocenters. The predicted molar refractivity (Wildman–Crippen MR) is 124 cm³/mol. The van der Waals surface area contributed by atoms with E-state index in [4.69, 9.17) is 14.4 Å². The first-order valence-corrected chi connectivity index (χ1v) is 10.3. The van der Waals surface area contributed by atoms with Gasteiger partial charge in [0.25, 0.3) is 5.91 Å². The zero-order valence-electron chi connectivity index (χ0n) is 17.4. The summed E-state index contributed by atoms with van der Waals surface area (Å²) in [6, 6.07) is 27.8. The standard InChI is InChI=1S/C26H18N4O3/c31-25(29-30-26(32)22-12-7-15-33-22)19-13-14-20-21(16-19)28-24(18-10-5-2-6-11-18)23(27-20)17-8-3-1-4-9-17/h1-16H,(H,29,31)(H,30,32). The third kappa shape index (κ3) is 4.20. The number of carbonyl (C=O) groups is 2. The van der Waals surface area contributed by atoms with Crippen LogP contribution in [0.1, 0.15) is 20.9 Å². The van der Waals surface area contributed by atoms with Crippen LogP contribution in [0.2, 0.25) is 0 Å². The second kappa shape index (κ2) is 8.76. The molecule has 2 aromatic heterocycles. The molecular formula is C26H18N4O3. The molecule has 0 unspecified atom stereocenters. The van der Waals surface area contributed by atoms with Gasteiger partial charge in [0.2, 0.25) is 0 Å². The number of nitrogens with zero attached hydrogens (tertiary/aromatic N) is 2. The van der Waals surface area contributed by atoms with Crippen molar-refractivity contribution >= 4 is 22.8 Å². The van der Waals surface area contributed by atoms with Crippen molar-refractivity contribution in [2.45, 2.75) is 0 Å². The van der Waals surface area contributed by atoms with Crippen LogP contribution in [0.3, 0.4) is 0 Å². The number of rotatable bonds is 4. The summed E-state index contributed by atoms with van der Waals surface area (Å²) in [6.45, 7) is 0. The Hall–Kier alpha value is -4.78. The van der Waals surface area contributed by atoms with Crippen LogP contribution < -0.4 is 10.9 Å². The molecule has 0 saturated carbocycles. The van der Waals surface area contributed by atoms with Crippen LogP contribution in [0.5, 0.6) is 0 Å². The highest BCUT2D eigenvalue weighted by atomic mass is 16.3. The van der Waals surface area contributed by atoms with E-state index >= 15 is 0 Å². The molecule has 2 amide bonds. The van der Waals surface area contributed by atoms with E-state index in [2.05, 4.69) is 10.9 Å². The van der Waals surface area contributed by atoms with Gasteiger partial charge >= 0.3 is 5.91 Å². The number of benzene rings is 3. The van der Waals surface area contributed by atoms with Crippen molar-refractivity contribution in [2.75, 3.05) is 0 Å². The number of hydrogen-bond acceptors (Lipinski definition) is 5. The van der Waals surface area contributed by atoms with Gasteiger partial charge in [-0.15, -0.1) is 0 Å². The number of hydrogen-bond donors (Lipinski definition) is 2. The molecule has 0 saturated heterocycles. The maximum Gasteiger partial charge on any atom is 0.305 e. The lowest BCUT2D eigenvalue weighted by atomic mass is 10.0. The van der Waals surface area contributed by atoms with Gasteiger partial charge in [-0.3, -0.25) is 20.4 Å². The van der Waals surface area contributed by atoms with Crippen molar-refractivity contribution in [3.05, 3.63) is 109 Å². The van der Waals surface area contributed by atoms with E-state index in [0.29, 0.717) is 16.6 Å². The molecule has 7 heteroatoms.